The van der Waals surface area contributed by atoms with E-state index in [2.05, 4.69) is 20.0 Å². The lowest BCUT2D eigenvalue weighted by Crippen LogP contribution is -2.47. The summed E-state index contributed by atoms with van der Waals surface area (Å²) >= 11 is 0. The first-order chi connectivity index (χ1) is 10.1. The largest absolute Gasteiger partial charge is 0.347 e. The third kappa shape index (κ3) is 4.26. The summed E-state index contributed by atoms with van der Waals surface area (Å²) < 4.78 is 29.2. The topological polar surface area (TPSA) is 90.1 Å². The lowest BCUT2D eigenvalue weighted by molar-refractivity contribution is 0.266. The summed E-state index contributed by atoms with van der Waals surface area (Å²) in [4.78, 5) is 7.12. The first-order valence-electron chi connectivity index (χ1n) is 7.48. The number of nitrogens with zero attached hydrogens (tertiary/aromatic N) is 2. The average Bonchev–Trinajstić information content (AvgIpc) is 3.00. The molecule has 1 aliphatic heterocycles. The SMILES string of the molecule is CCC(NS(=O)(=O)N1CCC(CNC)CC1)c1ncc[nH]1. The third-order valence-electron chi connectivity index (χ3n) is 3.96. The second-order valence-electron chi connectivity index (χ2n) is 5.46. The molecule has 1 aromatic rings. The molecule has 0 radical (unpaired) electrons. The minimum absolute atomic E-state index is 0.306. The highest BCUT2D eigenvalue weighted by molar-refractivity contribution is 7.87. The van der Waals surface area contributed by atoms with Gasteiger partial charge in [-0.05, 0) is 38.8 Å². The van der Waals surface area contributed by atoms with E-state index in [4.69, 9.17) is 0 Å². The Kier molecular flexibility index (Phi) is 5.74. The summed E-state index contributed by atoms with van der Waals surface area (Å²) in [5.41, 5.74) is 0. The molecule has 0 bridgehead atoms. The predicted octanol–water partition coefficient (Wildman–Crippen LogP) is 0.627. The molecule has 1 atom stereocenters. The van der Waals surface area contributed by atoms with Gasteiger partial charge >= 0.3 is 0 Å². The van der Waals surface area contributed by atoms with Crippen LogP contribution in [0, 0.1) is 5.92 Å². The smallest absolute Gasteiger partial charge is 0.280 e. The molecular formula is C13H25N5O2S. The van der Waals surface area contributed by atoms with Gasteiger partial charge in [0.05, 0.1) is 6.04 Å². The van der Waals surface area contributed by atoms with E-state index in [1.54, 1.807) is 16.7 Å². The number of aromatic amines is 1. The quantitative estimate of drug-likeness (QED) is 0.688. The van der Waals surface area contributed by atoms with Crippen LogP contribution >= 0.6 is 0 Å². The molecule has 3 N–H and O–H groups in total. The van der Waals surface area contributed by atoms with Gasteiger partial charge in [0.2, 0.25) is 0 Å². The number of imidazole rings is 1. The molecule has 1 aromatic heterocycles. The van der Waals surface area contributed by atoms with Crippen molar-refractivity contribution in [1.29, 1.82) is 0 Å². The molecule has 120 valence electrons. The fraction of sp³-hybridized carbons (Fsp3) is 0.769. The number of H-pyrrole nitrogens is 1. The van der Waals surface area contributed by atoms with E-state index in [9.17, 15) is 8.42 Å². The number of rotatable bonds is 7. The van der Waals surface area contributed by atoms with Gasteiger partial charge < -0.3 is 10.3 Å². The van der Waals surface area contributed by atoms with Gasteiger partial charge in [0.25, 0.3) is 10.2 Å². The Morgan fingerprint density at radius 1 is 1.48 bits per heavy atom. The van der Waals surface area contributed by atoms with Gasteiger partial charge in [-0.25, -0.2) is 4.98 Å². The molecule has 1 unspecified atom stereocenters. The first-order valence-corrected chi connectivity index (χ1v) is 8.92. The van der Waals surface area contributed by atoms with Crippen LogP contribution in [-0.4, -0.2) is 49.4 Å². The summed E-state index contributed by atoms with van der Waals surface area (Å²) in [7, 11) is -1.53. The standard InChI is InChI=1S/C13H25N5O2S/c1-3-12(13-15-6-7-16-13)17-21(19,20)18-8-4-11(5-9-18)10-14-2/h6-7,11-12,14,17H,3-5,8-10H2,1-2H3,(H,15,16). The van der Waals surface area contributed by atoms with E-state index in [1.165, 1.54) is 0 Å². The summed E-state index contributed by atoms with van der Waals surface area (Å²) in [6, 6.07) is -0.306. The van der Waals surface area contributed by atoms with Gasteiger partial charge in [0.15, 0.2) is 0 Å². The minimum Gasteiger partial charge on any atom is -0.347 e. The molecule has 21 heavy (non-hydrogen) atoms. The van der Waals surface area contributed by atoms with Gasteiger partial charge in [-0.2, -0.15) is 17.4 Å². The second kappa shape index (κ2) is 7.35. The highest BCUT2D eigenvalue weighted by Gasteiger charge is 2.30. The van der Waals surface area contributed by atoms with E-state index in [0.717, 1.165) is 19.4 Å². The summed E-state index contributed by atoms with van der Waals surface area (Å²) in [5, 5.41) is 3.15. The fourth-order valence-corrected chi connectivity index (χ4v) is 4.18. The predicted molar refractivity (Wildman–Crippen MR) is 81.9 cm³/mol. The summed E-state index contributed by atoms with van der Waals surface area (Å²) in [5.74, 6) is 1.22. The monoisotopic (exact) mass is 315 g/mol. The van der Waals surface area contributed by atoms with Crippen molar-refractivity contribution in [2.75, 3.05) is 26.7 Å². The van der Waals surface area contributed by atoms with Gasteiger partial charge in [-0.1, -0.05) is 6.92 Å². The normalized spacial score (nSPS) is 19.7. The number of hydrogen-bond acceptors (Lipinski definition) is 4. The molecule has 0 spiro atoms. The molecule has 2 rings (SSSR count). The number of nitrogens with one attached hydrogen (secondary N) is 3. The Morgan fingerprint density at radius 2 is 2.19 bits per heavy atom. The summed E-state index contributed by atoms with van der Waals surface area (Å²) in [6.07, 6.45) is 5.80. The Morgan fingerprint density at radius 3 is 2.71 bits per heavy atom. The zero-order valence-electron chi connectivity index (χ0n) is 12.7. The van der Waals surface area contributed by atoms with Crippen molar-refractivity contribution in [3.05, 3.63) is 18.2 Å². The summed E-state index contributed by atoms with van der Waals surface area (Å²) in [6.45, 7) is 4.05. The van der Waals surface area contributed by atoms with Crippen LogP contribution in [0.4, 0.5) is 0 Å². The van der Waals surface area contributed by atoms with Gasteiger partial charge in [-0.15, -0.1) is 0 Å². The molecule has 7 nitrogen and oxygen atoms in total. The van der Waals surface area contributed by atoms with E-state index in [1.807, 2.05) is 14.0 Å². The van der Waals surface area contributed by atoms with Crippen LogP contribution < -0.4 is 10.0 Å². The van der Waals surface area contributed by atoms with Crippen LogP contribution in [-0.2, 0) is 10.2 Å². The van der Waals surface area contributed by atoms with Gasteiger partial charge in [0, 0.05) is 25.5 Å². The maximum atomic E-state index is 12.5. The fourth-order valence-electron chi connectivity index (χ4n) is 2.70. The highest BCUT2D eigenvalue weighted by atomic mass is 32.2. The minimum atomic E-state index is -3.46. The Labute approximate surface area is 126 Å². The molecule has 2 heterocycles. The maximum absolute atomic E-state index is 12.5. The van der Waals surface area contributed by atoms with Crippen LogP contribution in [0.15, 0.2) is 12.4 Å². The number of hydrogen-bond donors (Lipinski definition) is 3. The third-order valence-corrected chi connectivity index (χ3v) is 5.58. The zero-order chi connectivity index (χ0) is 15.3. The van der Waals surface area contributed by atoms with Crippen LogP contribution in [0.1, 0.15) is 38.1 Å². The van der Waals surface area contributed by atoms with E-state index in [0.29, 0.717) is 31.3 Å². The van der Waals surface area contributed by atoms with Crippen LogP contribution in [0.25, 0.3) is 0 Å². The average molecular weight is 315 g/mol. The molecule has 0 aromatic carbocycles. The van der Waals surface area contributed by atoms with E-state index in [-0.39, 0.29) is 6.04 Å². The van der Waals surface area contributed by atoms with Crippen LogP contribution in [0.3, 0.4) is 0 Å². The van der Waals surface area contributed by atoms with Crippen molar-refractivity contribution in [2.45, 2.75) is 32.2 Å². The van der Waals surface area contributed by atoms with Gasteiger partial charge in [0.1, 0.15) is 5.82 Å². The lowest BCUT2D eigenvalue weighted by Gasteiger charge is -2.32. The van der Waals surface area contributed by atoms with E-state index < -0.39 is 10.2 Å². The van der Waals surface area contributed by atoms with Crippen LogP contribution in [0.5, 0.6) is 0 Å². The molecular weight excluding hydrogens is 290 g/mol. The molecule has 8 heteroatoms. The zero-order valence-corrected chi connectivity index (χ0v) is 13.5. The lowest BCUT2D eigenvalue weighted by atomic mass is 9.98. The first kappa shape index (κ1) is 16.4. The van der Waals surface area contributed by atoms with Crippen molar-refractivity contribution >= 4 is 10.2 Å². The van der Waals surface area contributed by atoms with E-state index >= 15 is 0 Å². The molecule has 1 saturated heterocycles. The van der Waals surface area contributed by atoms with Crippen molar-refractivity contribution < 1.29 is 8.42 Å². The van der Waals surface area contributed by atoms with Crippen molar-refractivity contribution in [3.63, 3.8) is 0 Å². The highest BCUT2D eigenvalue weighted by Crippen LogP contribution is 2.20. The van der Waals surface area contributed by atoms with Crippen LogP contribution in [0.2, 0.25) is 0 Å². The number of piperidine rings is 1. The van der Waals surface area contributed by atoms with Crippen molar-refractivity contribution in [2.24, 2.45) is 5.92 Å². The molecule has 1 aliphatic rings. The molecule has 0 saturated carbocycles. The van der Waals surface area contributed by atoms with Crippen molar-refractivity contribution in [1.82, 2.24) is 24.3 Å². The Hall–Kier alpha value is -0.960. The number of aromatic nitrogens is 2. The Balaban J connectivity index is 1.96. The van der Waals surface area contributed by atoms with Crippen molar-refractivity contribution in [3.8, 4) is 0 Å². The molecule has 0 aliphatic carbocycles. The molecule has 1 fully saturated rings. The maximum Gasteiger partial charge on any atom is 0.280 e. The Bertz CT molecular complexity index is 509. The second-order valence-corrected chi connectivity index (χ2v) is 7.16. The van der Waals surface area contributed by atoms with Gasteiger partial charge in [-0.3, -0.25) is 0 Å². The molecule has 0 amide bonds.